The van der Waals surface area contributed by atoms with Crippen LogP contribution >= 0.6 is 0 Å². The monoisotopic (exact) mass is 142 g/mol. The molecule has 0 saturated heterocycles. The van der Waals surface area contributed by atoms with Gasteiger partial charge in [-0.3, -0.25) is 15.3 Å². The molecule has 3 heteroatoms. The fourth-order valence-electron chi connectivity index (χ4n) is 0.745. The van der Waals surface area contributed by atoms with Gasteiger partial charge in [0.25, 0.3) is 0 Å². The molecule has 0 amide bonds. The molecule has 1 aliphatic heterocycles. The minimum Gasteiger partial charge on any atom is -0.273 e. The van der Waals surface area contributed by atoms with Crippen LogP contribution < -0.4 is 5.48 Å². The van der Waals surface area contributed by atoms with Gasteiger partial charge in [-0.15, -0.1) is 0 Å². The van der Waals surface area contributed by atoms with Gasteiger partial charge in [-0.2, -0.15) is 0 Å². The topological polar surface area (TPSA) is 33.6 Å². The molecule has 0 aliphatic carbocycles. The Kier molecular flexibility index (Phi) is 1.94. The molecule has 0 aromatic heterocycles. The molecule has 1 rings (SSSR count). The summed E-state index contributed by atoms with van der Waals surface area (Å²) in [6.45, 7) is 7.77. The molecule has 0 saturated carbocycles. The van der Waals surface area contributed by atoms with Crippen LogP contribution in [-0.4, -0.2) is 19.0 Å². The van der Waals surface area contributed by atoms with Crippen LogP contribution in [0.3, 0.4) is 0 Å². The zero-order valence-corrected chi connectivity index (χ0v) is 6.77. The molecular weight excluding hydrogens is 128 g/mol. The van der Waals surface area contributed by atoms with E-state index in [-0.39, 0.29) is 5.41 Å². The van der Waals surface area contributed by atoms with Crippen LogP contribution in [0, 0.1) is 5.41 Å². The van der Waals surface area contributed by atoms with E-state index in [1.807, 2.05) is 0 Å². The molecule has 0 bridgehead atoms. The van der Waals surface area contributed by atoms with Crippen LogP contribution in [0.4, 0.5) is 0 Å². The summed E-state index contributed by atoms with van der Waals surface area (Å²) in [6.07, 6.45) is 0. The second-order valence-electron chi connectivity index (χ2n) is 3.43. The van der Waals surface area contributed by atoms with Crippen molar-refractivity contribution in [3.63, 3.8) is 0 Å². The smallest absolute Gasteiger partial charge is 0.126 e. The maximum absolute atomic E-state index is 5.03. The molecule has 58 valence electrons. The molecule has 1 aliphatic rings. The first-order valence-electron chi connectivity index (χ1n) is 3.53. The maximum Gasteiger partial charge on any atom is 0.126 e. The predicted octanol–water partition coefficient (Wildman–Crippen LogP) is 0.966. The van der Waals surface area contributed by atoms with E-state index in [1.165, 1.54) is 0 Å². The third kappa shape index (κ3) is 1.70. The fraction of sp³-hybridized carbons (Fsp3) is 0.857. The molecule has 0 spiro atoms. The van der Waals surface area contributed by atoms with Gasteiger partial charge in [-0.25, -0.2) is 0 Å². The van der Waals surface area contributed by atoms with Crippen molar-refractivity contribution in [2.75, 3.05) is 13.2 Å². The number of hydroxylamine groups is 1. The molecule has 1 N–H and O–H groups in total. The van der Waals surface area contributed by atoms with Crippen molar-refractivity contribution in [2.45, 2.75) is 20.8 Å². The average Bonchev–Trinajstić information content (AvgIpc) is 1.88. The third-order valence-corrected chi connectivity index (χ3v) is 1.34. The molecule has 0 radical (unpaired) electrons. The second kappa shape index (κ2) is 2.58. The van der Waals surface area contributed by atoms with Crippen LogP contribution in [0.15, 0.2) is 4.99 Å². The number of rotatable bonds is 0. The normalized spacial score (nSPS) is 19.7. The molecule has 0 unspecified atom stereocenters. The Hall–Kier alpha value is -0.570. The van der Waals surface area contributed by atoms with Crippen molar-refractivity contribution < 1.29 is 4.84 Å². The van der Waals surface area contributed by atoms with Gasteiger partial charge in [-0.05, 0) is 0 Å². The first-order valence-corrected chi connectivity index (χ1v) is 3.53. The average molecular weight is 142 g/mol. The lowest BCUT2D eigenvalue weighted by Gasteiger charge is -2.24. The summed E-state index contributed by atoms with van der Waals surface area (Å²) in [5.74, 6) is 0.943. The summed E-state index contributed by atoms with van der Waals surface area (Å²) in [7, 11) is 0. The molecule has 0 aromatic carbocycles. The largest absolute Gasteiger partial charge is 0.273 e. The van der Waals surface area contributed by atoms with Gasteiger partial charge in [0.1, 0.15) is 5.84 Å². The number of amidine groups is 1. The zero-order valence-electron chi connectivity index (χ0n) is 6.77. The predicted molar refractivity (Wildman–Crippen MR) is 40.8 cm³/mol. The van der Waals surface area contributed by atoms with E-state index in [0.717, 1.165) is 12.4 Å². The molecule has 0 fully saturated rings. The van der Waals surface area contributed by atoms with Gasteiger partial charge in [0, 0.05) is 5.41 Å². The molecular formula is C7H14N2O. The summed E-state index contributed by atoms with van der Waals surface area (Å²) in [6, 6.07) is 0. The highest BCUT2D eigenvalue weighted by Crippen LogP contribution is 2.15. The minimum atomic E-state index is 0.0837. The lowest BCUT2D eigenvalue weighted by atomic mass is 9.95. The van der Waals surface area contributed by atoms with E-state index in [2.05, 4.69) is 31.2 Å². The van der Waals surface area contributed by atoms with Crippen LogP contribution in [0.1, 0.15) is 20.8 Å². The Bertz CT molecular complexity index is 146. The number of hydrogen-bond acceptors (Lipinski definition) is 3. The summed E-state index contributed by atoms with van der Waals surface area (Å²) >= 11 is 0. The highest BCUT2D eigenvalue weighted by Gasteiger charge is 2.20. The Morgan fingerprint density at radius 2 is 2.20 bits per heavy atom. The van der Waals surface area contributed by atoms with Crippen molar-refractivity contribution in [1.82, 2.24) is 5.48 Å². The molecule has 10 heavy (non-hydrogen) atoms. The SMILES string of the molecule is CC(C)(C)C1=NCCON1. The molecule has 0 aromatic rings. The molecule has 1 heterocycles. The Morgan fingerprint density at radius 3 is 2.50 bits per heavy atom. The third-order valence-electron chi connectivity index (χ3n) is 1.34. The molecule has 3 nitrogen and oxygen atoms in total. The van der Waals surface area contributed by atoms with E-state index >= 15 is 0 Å². The van der Waals surface area contributed by atoms with Crippen LogP contribution in [0.5, 0.6) is 0 Å². The van der Waals surface area contributed by atoms with Crippen LogP contribution in [0.25, 0.3) is 0 Å². The number of aliphatic imine (C=N–C) groups is 1. The highest BCUT2D eigenvalue weighted by atomic mass is 16.6. The maximum atomic E-state index is 5.03. The second-order valence-corrected chi connectivity index (χ2v) is 3.43. The van der Waals surface area contributed by atoms with E-state index in [1.54, 1.807) is 0 Å². The Morgan fingerprint density at radius 1 is 1.50 bits per heavy atom. The summed E-state index contributed by atoms with van der Waals surface area (Å²) in [5, 5.41) is 0. The fourth-order valence-corrected chi connectivity index (χ4v) is 0.745. The van der Waals surface area contributed by atoms with Crippen LogP contribution in [0.2, 0.25) is 0 Å². The van der Waals surface area contributed by atoms with Crippen LogP contribution in [-0.2, 0) is 4.84 Å². The van der Waals surface area contributed by atoms with Crippen molar-refractivity contribution in [2.24, 2.45) is 10.4 Å². The van der Waals surface area contributed by atoms with Crippen molar-refractivity contribution >= 4 is 5.84 Å². The Balaban J connectivity index is 2.62. The molecule has 0 atom stereocenters. The van der Waals surface area contributed by atoms with Gasteiger partial charge >= 0.3 is 0 Å². The van der Waals surface area contributed by atoms with Gasteiger partial charge < -0.3 is 0 Å². The van der Waals surface area contributed by atoms with Gasteiger partial charge in [0.15, 0.2) is 0 Å². The van der Waals surface area contributed by atoms with Gasteiger partial charge in [0.2, 0.25) is 0 Å². The van der Waals surface area contributed by atoms with Gasteiger partial charge in [0.05, 0.1) is 13.2 Å². The Labute approximate surface area is 61.4 Å². The lowest BCUT2D eigenvalue weighted by molar-refractivity contribution is 0.0748. The summed E-state index contributed by atoms with van der Waals surface area (Å²) in [5.41, 5.74) is 2.89. The number of hydrogen-bond donors (Lipinski definition) is 1. The zero-order chi connectivity index (χ0) is 7.61. The van der Waals surface area contributed by atoms with E-state index in [9.17, 15) is 0 Å². The van der Waals surface area contributed by atoms with Crippen molar-refractivity contribution in [3.05, 3.63) is 0 Å². The quantitative estimate of drug-likeness (QED) is 0.546. The first kappa shape index (κ1) is 7.54. The van der Waals surface area contributed by atoms with Gasteiger partial charge in [-0.1, -0.05) is 20.8 Å². The summed E-state index contributed by atoms with van der Waals surface area (Å²) in [4.78, 5) is 9.31. The van der Waals surface area contributed by atoms with Crippen molar-refractivity contribution in [3.8, 4) is 0 Å². The van der Waals surface area contributed by atoms with E-state index in [4.69, 9.17) is 4.84 Å². The number of nitrogens with zero attached hydrogens (tertiary/aromatic N) is 1. The summed E-state index contributed by atoms with van der Waals surface area (Å²) < 4.78 is 0. The van der Waals surface area contributed by atoms with Crippen molar-refractivity contribution in [1.29, 1.82) is 0 Å². The standard InChI is InChI=1S/C7H14N2O/c1-7(2,3)6-8-4-5-10-9-6/h4-5H2,1-3H3,(H,8,9). The van der Waals surface area contributed by atoms with E-state index < -0.39 is 0 Å². The highest BCUT2D eigenvalue weighted by molar-refractivity contribution is 5.86. The van der Waals surface area contributed by atoms with E-state index in [0.29, 0.717) is 6.61 Å². The first-order chi connectivity index (χ1) is 4.61. The lowest BCUT2D eigenvalue weighted by Crippen LogP contribution is -2.39. The minimum absolute atomic E-state index is 0.0837. The number of nitrogens with one attached hydrogen (secondary N) is 1.